The fourth-order valence-corrected chi connectivity index (χ4v) is 2.86. The quantitative estimate of drug-likeness (QED) is 0.913. The molecule has 0 bridgehead atoms. The number of hydrogen-bond donors (Lipinski definition) is 2. The molecule has 2 rings (SSSR count). The van der Waals surface area contributed by atoms with Crippen molar-refractivity contribution < 1.29 is 5.11 Å². The zero-order chi connectivity index (χ0) is 11.5. The van der Waals surface area contributed by atoms with Crippen LogP contribution in [0.15, 0.2) is 45.1 Å². The summed E-state index contributed by atoms with van der Waals surface area (Å²) >= 11 is 4.93. The van der Waals surface area contributed by atoms with Crippen LogP contribution in [-0.2, 0) is 0 Å². The van der Waals surface area contributed by atoms with E-state index in [0.717, 1.165) is 20.1 Å². The summed E-state index contributed by atoms with van der Waals surface area (Å²) < 4.78 is 0.992. The van der Waals surface area contributed by atoms with Gasteiger partial charge in [0.2, 0.25) is 0 Å². The van der Waals surface area contributed by atoms with Crippen molar-refractivity contribution in [2.24, 2.45) is 0 Å². The molecule has 1 aromatic carbocycles. The molecule has 0 aliphatic heterocycles. The molecule has 2 aromatic rings. The molecular weight excluding hydrogens is 288 g/mol. The van der Waals surface area contributed by atoms with Crippen LogP contribution in [-0.4, -0.2) is 15.1 Å². The van der Waals surface area contributed by atoms with Crippen LogP contribution >= 0.6 is 27.7 Å². The average Bonchev–Trinajstić information content (AvgIpc) is 2.70. The van der Waals surface area contributed by atoms with E-state index in [0.29, 0.717) is 0 Å². The molecule has 0 aliphatic carbocycles. The summed E-state index contributed by atoms with van der Waals surface area (Å²) in [4.78, 5) is 8.18. The Morgan fingerprint density at radius 3 is 2.94 bits per heavy atom. The summed E-state index contributed by atoms with van der Waals surface area (Å²) in [5.41, 5.74) is 0.907. The Hall–Kier alpha value is -0.780. The van der Waals surface area contributed by atoms with Crippen LogP contribution in [0.25, 0.3) is 0 Å². The third-order valence-electron chi connectivity index (χ3n) is 2.11. The van der Waals surface area contributed by atoms with Crippen LogP contribution in [0, 0.1) is 0 Å². The number of H-pyrrole nitrogens is 1. The number of nitrogens with one attached hydrogen (secondary N) is 1. The van der Waals surface area contributed by atoms with Crippen LogP contribution < -0.4 is 0 Å². The van der Waals surface area contributed by atoms with Crippen LogP contribution in [0.5, 0.6) is 0 Å². The van der Waals surface area contributed by atoms with Gasteiger partial charge < -0.3 is 10.1 Å². The number of hydrogen-bond acceptors (Lipinski definition) is 3. The maximum atomic E-state index is 9.66. The van der Waals surface area contributed by atoms with Gasteiger partial charge >= 0.3 is 0 Å². The van der Waals surface area contributed by atoms with E-state index in [1.807, 2.05) is 18.2 Å². The predicted molar refractivity (Wildman–Crippen MR) is 67.5 cm³/mol. The maximum absolute atomic E-state index is 9.66. The number of aliphatic hydroxyl groups is 1. The third-order valence-corrected chi connectivity index (χ3v) is 3.59. The molecule has 1 aromatic heterocycles. The van der Waals surface area contributed by atoms with Gasteiger partial charge in [-0.2, -0.15) is 0 Å². The molecule has 0 fully saturated rings. The SMILES string of the molecule is CC(O)c1ccc(Br)cc1Sc1ncc[nH]1. The van der Waals surface area contributed by atoms with E-state index < -0.39 is 6.10 Å². The number of aliphatic hydroxyl groups excluding tert-OH is 1. The van der Waals surface area contributed by atoms with Crippen molar-refractivity contribution in [1.29, 1.82) is 0 Å². The van der Waals surface area contributed by atoms with Crippen molar-refractivity contribution in [3.05, 3.63) is 40.6 Å². The largest absolute Gasteiger partial charge is 0.389 e. The van der Waals surface area contributed by atoms with E-state index in [4.69, 9.17) is 0 Å². The normalized spacial score (nSPS) is 12.7. The fraction of sp³-hybridized carbons (Fsp3) is 0.182. The van der Waals surface area contributed by atoms with Crippen LogP contribution in [0.4, 0.5) is 0 Å². The molecule has 1 heterocycles. The topological polar surface area (TPSA) is 48.9 Å². The van der Waals surface area contributed by atoms with E-state index in [2.05, 4.69) is 25.9 Å². The van der Waals surface area contributed by atoms with Crippen molar-refractivity contribution >= 4 is 27.7 Å². The van der Waals surface area contributed by atoms with Crippen molar-refractivity contribution in [2.75, 3.05) is 0 Å². The lowest BCUT2D eigenvalue weighted by Gasteiger charge is -2.10. The van der Waals surface area contributed by atoms with Crippen molar-refractivity contribution in [3.63, 3.8) is 0 Å². The molecule has 1 atom stereocenters. The van der Waals surface area contributed by atoms with E-state index in [9.17, 15) is 5.11 Å². The minimum atomic E-state index is -0.481. The monoisotopic (exact) mass is 298 g/mol. The van der Waals surface area contributed by atoms with Gasteiger partial charge in [-0.3, -0.25) is 0 Å². The highest BCUT2D eigenvalue weighted by Gasteiger charge is 2.10. The molecule has 0 radical (unpaired) electrons. The Kier molecular flexibility index (Phi) is 3.68. The molecule has 3 nitrogen and oxygen atoms in total. The lowest BCUT2D eigenvalue weighted by molar-refractivity contribution is 0.196. The second kappa shape index (κ2) is 5.03. The highest BCUT2D eigenvalue weighted by molar-refractivity contribution is 9.10. The van der Waals surface area contributed by atoms with Gasteiger partial charge in [-0.05, 0) is 24.6 Å². The van der Waals surface area contributed by atoms with Crippen molar-refractivity contribution in [1.82, 2.24) is 9.97 Å². The van der Waals surface area contributed by atoms with Gasteiger partial charge in [-0.1, -0.05) is 33.8 Å². The van der Waals surface area contributed by atoms with Gasteiger partial charge in [-0.25, -0.2) is 4.98 Å². The Bertz CT molecular complexity index is 471. The molecule has 2 N–H and O–H groups in total. The van der Waals surface area contributed by atoms with E-state index >= 15 is 0 Å². The standard InChI is InChI=1S/C11H11BrN2OS/c1-7(15)9-3-2-8(12)6-10(9)16-11-13-4-5-14-11/h2-7,15H,1H3,(H,13,14). The number of aromatic nitrogens is 2. The second-order valence-electron chi connectivity index (χ2n) is 3.35. The molecule has 0 amide bonds. The lowest BCUT2D eigenvalue weighted by Crippen LogP contribution is -1.94. The van der Waals surface area contributed by atoms with Crippen molar-refractivity contribution in [3.8, 4) is 0 Å². The Morgan fingerprint density at radius 2 is 2.31 bits per heavy atom. The predicted octanol–water partition coefficient (Wildman–Crippen LogP) is 3.38. The molecule has 0 saturated heterocycles. The molecule has 0 aliphatic rings. The molecule has 5 heteroatoms. The molecule has 16 heavy (non-hydrogen) atoms. The number of benzene rings is 1. The second-order valence-corrected chi connectivity index (χ2v) is 5.30. The zero-order valence-corrected chi connectivity index (χ0v) is 11.0. The number of rotatable bonds is 3. The first-order chi connectivity index (χ1) is 7.66. The Balaban J connectivity index is 2.34. The first-order valence-electron chi connectivity index (χ1n) is 4.81. The summed E-state index contributed by atoms with van der Waals surface area (Å²) in [5.74, 6) is 0. The number of nitrogens with zero attached hydrogens (tertiary/aromatic N) is 1. The van der Waals surface area contributed by atoms with Crippen LogP contribution in [0.1, 0.15) is 18.6 Å². The Labute approximate surface area is 106 Å². The third kappa shape index (κ3) is 2.66. The summed E-state index contributed by atoms with van der Waals surface area (Å²) in [7, 11) is 0. The fourth-order valence-electron chi connectivity index (χ4n) is 1.35. The number of aromatic amines is 1. The van der Waals surface area contributed by atoms with Gasteiger partial charge in [0.1, 0.15) is 0 Å². The van der Waals surface area contributed by atoms with Gasteiger partial charge in [-0.15, -0.1) is 0 Å². The summed E-state index contributed by atoms with van der Waals surface area (Å²) in [6.45, 7) is 1.76. The number of halogens is 1. The Morgan fingerprint density at radius 1 is 1.50 bits per heavy atom. The van der Waals surface area contributed by atoms with E-state index in [1.165, 1.54) is 11.8 Å². The lowest BCUT2D eigenvalue weighted by atomic mass is 10.1. The zero-order valence-electron chi connectivity index (χ0n) is 8.64. The summed E-state index contributed by atoms with van der Waals surface area (Å²) in [6, 6.07) is 5.82. The van der Waals surface area contributed by atoms with Crippen LogP contribution in [0.3, 0.4) is 0 Å². The molecule has 0 spiro atoms. The number of imidazole rings is 1. The highest BCUT2D eigenvalue weighted by atomic mass is 79.9. The molecule has 1 unspecified atom stereocenters. The summed E-state index contributed by atoms with van der Waals surface area (Å²) in [6.07, 6.45) is 3.01. The smallest absolute Gasteiger partial charge is 0.170 e. The van der Waals surface area contributed by atoms with Gasteiger partial charge in [0.05, 0.1) is 6.10 Å². The minimum Gasteiger partial charge on any atom is -0.389 e. The van der Waals surface area contributed by atoms with Gasteiger partial charge in [0.15, 0.2) is 5.16 Å². The van der Waals surface area contributed by atoms with Gasteiger partial charge in [0, 0.05) is 21.8 Å². The minimum absolute atomic E-state index is 0.481. The maximum Gasteiger partial charge on any atom is 0.170 e. The van der Waals surface area contributed by atoms with E-state index in [-0.39, 0.29) is 0 Å². The van der Waals surface area contributed by atoms with Crippen molar-refractivity contribution in [2.45, 2.75) is 23.1 Å². The summed E-state index contributed by atoms with van der Waals surface area (Å²) in [5, 5.41) is 10.5. The highest BCUT2D eigenvalue weighted by Crippen LogP contribution is 2.33. The molecular formula is C11H11BrN2OS. The first-order valence-corrected chi connectivity index (χ1v) is 6.42. The van der Waals surface area contributed by atoms with E-state index in [1.54, 1.807) is 19.3 Å². The van der Waals surface area contributed by atoms with Crippen LogP contribution in [0.2, 0.25) is 0 Å². The van der Waals surface area contributed by atoms with Gasteiger partial charge in [0.25, 0.3) is 0 Å². The first kappa shape index (κ1) is 11.7. The molecule has 0 saturated carbocycles. The molecule has 84 valence electrons. The average molecular weight is 299 g/mol.